The summed E-state index contributed by atoms with van der Waals surface area (Å²) in [6, 6.07) is 4.19. The lowest BCUT2D eigenvalue weighted by molar-refractivity contribution is 0.526. The van der Waals surface area contributed by atoms with Gasteiger partial charge in [0.05, 0.1) is 24.3 Å². The smallest absolute Gasteiger partial charge is 0.0954 e. The zero-order valence-corrected chi connectivity index (χ0v) is 9.68. The van der Waals surface area contributed by atoms with Crippen molar-refractivity contribution in [3.63, 3.8) is 0 Å². The molecule has 4 nitrogen and oxygen atoms in total. The van der Waals surface area contributed by atoms with E-state index in [-0.39, 0.29) is 6.04 Å². The molecule has 2 rings (SSSR count). The highest BCUT2D eigenvalue weighted by Crippen LogP contribution is 2.21. The van der Waals surface area contributed by atoms with Crippen LogP contribution in [0.4, 0.5) is 0 Å². The minimum absolute atomic E-state index is 0.159. The van der Waals surface area contributed by atoms with Crippen LogP contribution in [0, 0.1) is 0 Å². The van der Waals surface area contributed by atoms with Crippen LogP contribution >= 0.6 is 0 Å². The van der Waals surface area contributed by atoms with Crippen LogP contribution in [0.25, 0.3) is 0 Å². The zero-order chi connectivity index (χ0) is 11.4. The third-order valence-corrected chi connectivity index (χ3v) is 2.63. The summed E-state index contributed by atoms with van der Waals surface area (Å²) in [5.74, 6) is 0. The summed E-state index contributed by atoms with van der Waals surface area (Å²) >= 11 is 0. The Balaban J connectivity index is 2.33. The van der Waals surface area contributed by atoms with E-state index in [9.17, 15) is 0 Å². The second-order valence-electron chi connectivity index (χ2n) is 3.62. The molecule has 16 heavy (non-hydrogen) atoms. The molecule has 0 aliphatic heterocycles. The van der Waals surface area contributed by atoms with Crippen molar-refractivity contribution in [1.82, 2.24) is 15.1 Å². The second kappa shape index (κ2) is 4.99. The van der Waals surface area contributed by atoms with Crippen LogP contribution in [0.5, 0.6) is 0 Å². The van der Waals surface area contributed by atoms with Gasteiger partial charge in [0.1, 0.15) is 0 Å². The van der Waals surface area contributed by atoms with Gasteiger partial charge in [0.15, 0.2) is 0 Å². The van der Waals surface area contributed by atoms with Crippen LogP contribution in [0.1, 0.15) is 31.1 Å². The molecule has 0 saturated carbocycles. The largest absolute Gasteiger partial charge is 0.472 e. The van der Waals surface area contributed by atoms with E-state index >= 15 is 0 Å². The Kier molecular flexibility index (Phi) is 3.41. The van der Waals surface area contributed by atoms with Crippen molar-refractivity contribution in [2.45, 2.75) is 26.4 Å². The highest BCUT2D eigenvalue weighted by Gasteiger charge is 2.17. The van der Waals surface area contributed by atoms with Crippen molar-refractivity contribution in [2.75, 3.05) is 6.54 Å². The molecule has 4 heteroatoms. The van der Waals surface area contributed by atoms with E-state index in [1.54, 1.807) is 12.5 Å². The van der Waals surface area contributed by atoms with Crippen molar-refractivity contribution < 1.29 is 4.42 Å². The molecule has 0 fully saturated rings. The van der Waals surface area contributed by atoms with E-state index in [4.69, 9.17) is 4.42 Å². The minimum atomic E-state index is 0.159. The summed E-state index contributed by atoms with van der Waals surface area (Å²) in [5.41, 5.74) is 2.31. The summed E-state index contributed by atoms with van der Waals surface area (Å²) < 4.78 is 7.14. The molecule has 0 radical (unpaired) electrons. The van der Waals surface area contributed by atoms with Crippen molar-refractivity contribution in [3.8, 4) is 0 Å². The number of nitrogens with zero attached hydrogens (tertiary/aromatic N) is 2. The Labute approximate surface area is 95.3 Å². The van der Waals surface area contributed by atoms with Gasteiger partial charge in [0.2, 0.25) is 0 Å². The SMILES string of the molecule is CCNC(c1ccoc1)c1ccnn1CC. The van der Waals surface area contributed by atoms with Gasteiger partial charge in [-0.1, -0.05) is 6.92 Å². The van der Waals surface area contributed by atoms with E-state index in [0.717, 1.165) is 18.7 Å². The van der Waals surface area contributed by atoms with E-state index in [1.165, 1.54) is 5.69 Å². The van der Waals surface area contributed by atoms with Gasteiger partial charge in [0.25, 0.3) is 0 Å². The maximum absolute atomic E-state index is 5.14. The predicted octanol–water partition coefficient (Wildman–Crippen LogP) is 2.19. The van der Waals surface area contributed by atoms with Gasteiger partial charge in [-0.2, -0.15) is 5.10 Å². The third-order valence-electron chi connectivity index (χ3n) is 2.63. The normalized spacial score (nSPS) is 12.9. The summed E-state index contributed by atoms with van der Waals surface area (Å²) in [6.07, 6.45) is 5.32. The van der Waals surface area contributed by atoms with Gasteiger partial charge in [-0.15, -0.1) is 0 Å². The molecule has 0 bridgehead atoms. The Morgan fingerprint density at radius 1 is 1.44 bits per heavy atom. The molecular formula is C12H17N3O. The van der Waals surface area contributed by atoms with E-state index in [1.807, 2.05) is 23.0 Å². The van der Waals surface area contributed by atoms with E-state index in [2.05, 4.69) is 24.3 Å². The molecule has 0 spiro atoms. The molecule has 2 aromatic rings. The maximum atomic E-state index is 5.14. The molecule has 0 saturated heterocycles. The number of aromatic nitrogens is 2. The van der Waals surface area contributed by atoms with Crippen LogP contribution in [0.2, 0.25) is 0 Å². The number of rotatable bonds is 5. The Hall–Kier alpha value is -1.55. The summed E-state index contributed by atoms with van der Waals surface area (Å²) in [6.45, 7) is 5.97. The highest BCUT2D eigenvalue weighted by molar-refractivity contribution is 5.24. The lowest BCUT2D eigenvalue weighted by atomic mass is 10.1. The molecule has 1 unspecified atom stereocenters. The summed E-state index contributed by atoms with van der Waals surface area (Å²) in [4.78, 5) is 0. The van der Waals surface area contributed by atoms with Gasteiger partial charge in [0, 0.05) is 18.3 Å². The average molecular weight is 219 g/mol. The number of hydrogen-bond acceptors (Lipinski definition) is 3. The van der Waals surface area contributed by atoms with Gasteiger partial charge in [-0.3, -0.25) is 4.68 Å². The predicted molar refractivity (Wildman–Crippen MR) is 62.1 cm³/mol. The minimum Gasteiger partial charge on any atom is -0.472 e. The molecule has 0 aliphatic carbocycles. The quantitative estimate of drug-likeness (QED) is 0.838. The van der Waals surface area contributed by atoms with Crippen molar-refractivity contribution in [3.05, 3.63) is 42.1 Å². The average Bonchev–Trinajstić information content (AvgIpc) is 2.96. The second-order valence-corrected chi connectivity index (χ2v) is 3.62. The third kappa shape index (κ3) is 2.02. The van der Waals surface area contributed by atoms with Crippen LogP contribution in [0.3, 0.4) is 0 Å². The topological polar surface area (TPSA) is 43.0 Å². The number of aryl methyl sites for hydroxylation is 1. The van der Waals surface area contributed by atoms with Crippen LogP contribution in [0.15, 0.2) is 35.3 Å². The highest BCUT2D eigenvalue weighted by atomic mass is 16.3. The van der Waals surface area contributed by atoms with Crippen LogP contribution in [-0.2, 0) is 6.54 Å². The standard InChI is InChI=1S/C12H17N3O/c1-3-13-12(10-6-8-16-9-10)11-5-7-14-15(11)4-2/h5-9,12-13H,3-4H2,1-2H3. The Morgan fingerprint density at radius 3 is 2.94 bits per heavy atom. The fraction of sp³-hybridized carbons (Fsp3) is 0.417. The van der Waals surface area contributed by atoms with Crippen molar-refractivity contribution >= 4 is 0 Å². The summed E-state index contributed by atoms with van der Waals surface area (Å²) in [5, 5.41) is 7.74. The first kappa shape index (κ1) is 11.0. The molecule has 1 N–H and O–H groups in total. The van der Waals surface area contributed by atoms with Crippen LogP contribution in [-0.4, -0.2) is 16.3 Å². The molecule has 0 aromatic carbocycles. The van der Waals surface area contributed by atoms with Crippen molar-refractivity contribution in [2.24, 2.45) is 0 Å². The number of furan rings is 1. The lowest BCUT2D eigenvalue weighted by Crippen LogP contribution is -2.24. The molecular weight excluding hydrogens is 202 g/mol. The van der Waals surface area contributed by atoms with Gasteiger partial charge in [-0.25, -0.2) is 0 Å². The molecule has 86 valence electrons. The molecule has 0 amide bonds. The molecule has 1 atom stereocenters. The van der Waals surface area contributed by atoms with E-state index < -0.39 is 0 Å². The van der Waals surface area contributed by atoms with Crippen LogP contribution < -0.4 is 5.32 Å². The molecule has 2 heterocycles. The first-order valence-corrected chi connectivity index (χ1v) is 5.64. The first-order valence-electron chi connectivity index (χ1n) is 5.64. The monoisotopic (exact) mass is 219 g/mol. The van der Waals surface area contributed by atoms with Crippen molar-refractivity contribution in [1.29, 1.82) is 0 Å². The van der Waals surface area contributed by atoms with Gasteiger partial charge < -0.3 is 9.73 Å². The van der Waals surface area contributed by atoms with E-state index in [0.29, 0.717) is 0 Å². The maximum Gasteiger partial charge on any atom is 0.0954 e. The lowest BCUT2D eigenvalue weighted by Gasteiger charge is -2.17. The zero-order valence-electron chi connectivity index (χ0n) is 9.68. The molecule has 2 aromatic heterocycles. The fourth-order valence-corrected chi connectivity index (χ4v) is 1.89. The Bertz CT molecular complexity index is 419. The number of hydrogen-bond donors (Lipinski definition) is 1. The Morgan fingerprint density at radius 2 is 2.31 bits per heavy atom. The number of nitrogens with one attached hydrogen (secondary N) is 1. The summed E-state index contributed by atoms with van der Waals surface area (Å²) in [7, 11) is 0. The first-order chi connectivity index (χ1) is 7.86. The fourth-order valence-electron chi connectivity index (χ4n) is 1.89. The van der Waals surface area contributed by atoms with Gasteiger partial charge >= 0.3 is 0 Å². The molecule has 0 aliphatic rings. The van der Waals surface area contributed by atoms with Gasteiger partial charge in [-0.05, 0) is 25.6 Å².